The Morgan fingerprint density at radius 1 is 1.24 bits per heavy atom. The summed E-state index contributed by atoms with van der Waals surface area (Å²) in [6, 6.07) is 7.68. The molecular formula is C15H24N2O3S. The maximum absolute atomic E-state index is 11.5. The molecule has 1 atom stereocenters. The van der Waals surface area contributed by atoms with Gasteiger partial charge in [0.05, 0.1) is 18.1 Å². The minimum atomic E-state index is -0.437. The van der Waals surface area contributed by atoms with Crippen molar-refractivity contribution < 1.29 is 14.3 Å². The van der Waals surface area contributed by atoms with Crippen molar-refractivity contribution in [3.05, 3.63) is 29.8 Å². The van der Waals surface area contributed by atoms with E-state index in [1.807, 2.05) is 45.0 Å². The van der Waals surface area contributed by atoms with E-state index in [1.54, 1.807) is 0 Å². The lowest BCUT2D eigenvalue weighted by Crippen LogP contribution is -2.28. The fraction of sp³-hybridized carbons (Fsp3) is 0.533. The first-order chi connectivity index (χ1) is 9.97. The summed E-state index contributed by atoms with van der Waals surface area (Å²) in [5.41, 5.74) is 1.91. The highest BCUT2D eigenvalue weighted by Gasteiger charge is 2.03. The number of carbonyl (C=O) groups is 1. The molecule has 0 saturated carbocycles. The average molecular weight is 312 g/mol. The van der Waals surface area contributed by atoms with Crippen molar-refractivity contribution in [2.24, 2.45) is 0 Å². The molecule has 118 valence electrons. The number of thiol groups is 1. The van der Waals surface area contributed by atoms with E-state index in [1.165, 1.54) is 0 Å². The van der Waals surface area contributed by atoms with E-state index in [0.29, 0.717) is 13.2 Å². The van der Waals surface area contributed by atoms with Crippen LogP contribution in [0.2, 0.25) is 0 Å². The number of amides is 1. The van der Waals surface area contributed by atoms with Crippen molar-refractivity contribution in [1.29, 1.82) is 0 Å². The van der Waals surface area contributed by atoms with E-state index in [2.05, 4.69) is 23.3 Å². The molecule has 0 heterocycles. The molecule has 1 amide bonds. The number of hydrogen-bond donors (Lipinski definition) is 3. The highest BCUT2D eigenvalue weighted by Crippen LogP contribution is 2.12. The molecule has 5 nitrogen and oxygen atoms in total. The maximum atomic E-state index is 11.5. The molecule has 0 radical (unpaired) electrons. The van der Waals surface area contributed by atoms with Gasteiger partial charge in [-0.3, -0.25) is 0 Å². The molecule has 1 aromatic carbocycles. The lowest BCUT2D eigenvalue weighted by molar-refractivity contribution is 0.0775. The predicted octanol–water partition coefficient (Wildman–Crippen LogP) is 3.03. The average Bonchev–Trinajstić information content (AvgIpc) is 2.42. The van der Waals surface area contributed by atoms with Crippen molar-refractivity contribution in [1.82, 2.24) is 5.32 Å². The zero-order valence-corrected chi connectivity index (χ0v) is 13.7. The van der Waals surface area contributed by atoms with Crippen LogP contribution in [0.3, 0.4) is 0 Å². The Morgan fingerprint density at radius 3 is 2.48 bits per heavy atom. The van der Waals surface area contributed by atoms with Gasteiger partial charge in [-0.1, -0.05) is 12.1 Å². The van der Waals surface area contributed by atoms with Crippen LogP contribution in [0.5, 0.6) is 0 Å². The van der Waals surface area contributed by atoms with Crippen molar-refractivity contribution in [3.8, 4) is 0 Å². The minimum Gasteiger partial charge on any atom is -0.445 e. The fourth-order valence-electron chi connectivity index (χ4n) is 1.59. The second-order valence-electron chi connectivity index (χ2n) is 4.94. The Kier molecular flexibility index (Phi) is 8.00. The Hall–Kier alpha value is -1.40. The summed E-state index contributed by atoms with van der Waals surface area (Å²) >= 11 is 4.26. The van der Waals surface area contributed by atoms with E-state index in [0.717, 1.165) is 11.3 Å². The molecule has 0 aliphatic heterocycles. The monoisotopic (exact) mass is 312 g/mol. The van der Waals surface area contributed by atoms with Crippen LogP contribution in [0.25, 0.3) is 0 Å². The molecule has 0 aliphatic carbocycles. The van der Waals surface area contributed by atoms with Gasteiger partial charge < -0.3 is 20.1 Å². The summed E-state index contributed by atoms with van der Waals surface area (Å²) in [7, 11) is 0. The van der Waals surface area contributed by atoms with Crippen LogP contribution in [0.4, 0.5) is 10.5 Å². The molecule has 1 unspecified atom stereocenters. The van der Waals surface area contributed by atoms with Gasteiger partial charge in [0.2, 0.25) is 0 Å². The Morgan fingerprint density at radius 2 is 1.90 bits per heavy atom. The van der Waals surface area contributed by atoms with Crippen LogP contribution in [0.15, 0.2) is 24.3 Å². The topological polar surface area (TPSA) is 59.6 Å². The molecule has 0 aromatic heterocycles. The third-order valence-corrected chi connectivity index (χ3v) is 2.65. The lowest BCUT2D eigenvalue weighted by Gasteiger charge is -2.11. The zero-order chi connectivity index (χ0) is 15.7. The number of hydrogen-bond acceptors (Lipinski definition) is 5. The first-order valence-electron chi connectivity index (χ1n) is 7.03. The highest BCUT2D eigenvalue weighted by atomic mass is 32.1. The summed E-state index contributed by atoms with van der Waals surface area (Å²) in [6.07, 6.45) is -0.275. The highest BCUT2D eigenvalue weighted by molar-refractivity contribution is 7.81. The van der Waals surface area contributed by atoms with E-state index in [-0.39, 0.29) is 18.1 Å². The molecule has 21 heavy (non-hydrogen) atoms. The van der Waals surface area contributed by atoms with E-state index in [9.17, 15) is 4.79 Å². The van der Waals surface area contributed by atoms with Crippen molar-refractivity contribution >= 4 is 24.4 Å². The minimum absolute atomic E-state index is 0.0888. The van der Waals surface area contributed by atoms with Gasteiger partial charge in [-0.05, 0) is 38.5 Å². The van der Waals surface area contributed by atoms with Gasteiger partial charge in [0.25, 0.3) is 0 Å². The van der Waals surface area contributed by atoms with Gasteiger partial charge in [-0.25, -0.2) is 4.79 Å². The number of carbonyl (C=O) groups excluding carboxylic acids is 1. The SMILES string of the molecule is CC(S)Nc1ccc(COC(=O)NCCOC(C)C)cc1. The Balaban J connectivity index is 2.23. The van der Waals surface area contributed by atoms with Gasteiger partial charge in [-0.15, -0.1) is 0 Å². The third kappa shape index (κ3) is 8.47. The number of anilines is 1. The van der Waals surface area contributed by atoms with Crippen LogP contribution in [-0.2, 0) is 16.1 Å². The van der Waals surface area contributed by atoms with Gasteiger partial charge in [-0.2, -0.15) is 12.6 Å². The molecule has 0 saturated heterocycles. The van der Waals surface area contributed by atoms with Crippen molar-refractivity contribution in [3.63, 3.8) is 0 Å². The predicted molar refractivity (Wildman–Crippen MR) is 87.8 cm³/mol. The van der Waals surface area contributed by atoms with E-state index < -0.39 is 6.09 Å². The third-order valence-electron chi connectivity index (χ3n) is 2.52. The smallest absolute Gasteiger partial charge is 0.407 e. The Bertz CT molecular complexity index is 421. The maximum Gasteiger partial charge on any atom is 0.407 e. The lowest BCUT2D eigenvalue weighted by atomic mass is 10.2. The summed E-state index contributed by atoms with van der Waals surface area (Å²) in [4.78, 5) is 11.5. The number of alkyl carbamates (subject to hydrolysis) is 1. The Labute approximate surface area is 131 Å². The molecular weight excluding hydrogens is 288 g/mol. The summed E-state index contributed by atoms with van der Waals surface area (Å²) in [5, 5.41) is 5.90. The summed E-state index contributed by atoms with van der Waals surface area (Å²) in [5.74, 6) is 0. The number of ether oxygens (including phenoxy) is 2. The van der Waals surface area contributed by atoms with Crippen LogP contribution in [0, 0.1) is 0 Å². The van der Waals surface area contributed by atoms with Gasteiger partial charge in [0.15, 0.2) is 0 Å². The number of benzene rings is 1. The van der Waals surface area contributed by atoms with Crippen LogP contribution < -0.4 is 10.6 Å². The molecule has 0 bridgehead atoms. The molecule has 0 spiro atoms. The number of nitrogens with one attached hydrogen (secondary N) is 2. The van der Waals surface area contributed by atoms with Crippen LogP contribution in [-0.4, -0.2) is 30.7 Å². The van der Waals surface area contributed by atoms with Gasteiger partial charge in [0.1, 0.15) is 6.61 Å². The van der Waals surface area contributed by atoms with Crippen LogP contribution >= 0.6 is 12.6 Å². The largest absolute Gasteiger partial charge is 0.445 e. The standard InChI is InChI=1S/C15H24N2O3S/c1-11(2)19-9-8-16-15(18)20-10-13-4-6-14(7-5-13)17-12(3)21/h4-7,11-12,17,21H,8-10H2,1-3H3,(H,16,18). The molecule has 0 aliphatic rings. The first kappa shape index (κ1) is 17.7. The second kappa shape index (κ2) is 9.52. The molecule has 0 fully saturated rings. The van der Waals surface area contributed by atoms with E-state index in [4.69, 9.17) is 9.47 Å². The fourth-order valence-corrected chi connectivity index (χ4v) is 1.74. The quantitative estimate of drug-likeness (QED) is 0.392. The summed E-state index contributed by atoms with van der Waals surface area (Å²) < 4.78 is 10.4. The van der Waals surface area contributed by atoms with Crippen molar-refractivity contribution in [2.75, 3.05) is 18.5 Å². The summed E-state index contributed by atoms with van der Waals surface area (Å²) in [6.45, 7) is 7.02. The van der Waals surface area contributed by atoms with E-state index >= 15 is 0 Å². The number of rotatable bonds is 8. The molecule has 1 rings (SSSR count). The molecule has 2 N–H and O–H groups in total. The van der Waals surface area contributed by atoms with Crippen molar-refractivity contribution in [2.45, 2.75) is 38.9 Å². The second-order valence-corrected chi connectivity index (χ2v) is 5.71. The normalized spacial score (nSPS) is 12.0. The van der Waals surface area contributed by atoms with Gasteiger partial charge in [0, 0.05) is 12.2 Å². The molecule has 6 heteroatoms. The van der Waals surface area contributed by atoms with Gasteiger partial charge >= 0.3 is 6.09 Å². The molecule has 1 aromatic rings. The van der Waals surface area contributed by atoms with Crippen LogP contribution in [0.1, 0.15) is 26.3 Å². The first-order valence-corrected chi connectivity index (χ1v) is 7.55. The zero-order valence-electron chi connectivity index (χ0n) is 12.8.